The van der Waals surface area contributed by atoms with Crippen LogP contribution in [0.3, 0.4) is 0 Å². The molecular formula is C14H18F2N4O2. The first-order valence-corrected chi connectivity index (χ1v) is 7.37. The van der Waals surface area contributed by atoms with Crippen LogP contribution in [0, 0.1) is 0 Å². The third-order valence-electron chi connectivity index (χ3n) is 3.71. The van der Waals surface area contributed by atoms with Gasteiger partial charge in [0.15, 0.2) is 5.82 Å². The van der Waals surface area contributed by atoms with E-state index in [4.69, 9.17) is 4.84 Å². The molecule has 1 aliphatic heterocycles. The number of amides is 1. The summed E-state index contributed by atoms with van der Waals surface area (Å²) in [5.74, 6) is 0.973. The van der Waals surface area contributed by atoms with Crippen molar-refractivity contribution in [1.29, 1.82) is 0 Å². The van der Waals surface area contributed by atoms with Crippen LogP contribution in [0.1, 0.15) is 43.6 Å². The number of nitrogens with zero attached hydrogens (tertiary/aromatic N) is 4. The lowest BCUT2D eigenvalue weighted by Crippen LogP contribution is -2.30. The molecule has 1 atom stereocenters. The first-order chi connectivity index (χ1) is 10.6. The zero-order valence-corrected chi connectivity index (χ0v) is 12.3. The van der Waals surface area contributed by atoms with Crippen LogP contribution in [0.5, 0.6) is 0 Å². The first kappa shape index (κ1) is 15.1. The maximum Gasteiger partial charge on any atom is 0.280 e. The molecule has 3 rings (SSSR count). The Balaban J connectivity index is 1.87. The molecule has 0 aromatic carbocycles. The summed E-state index contributed by atoms with van der Waals surface area (Å²) < 4.78 is 26.1. The Morgan fingerprint density at radius 3 is 2.77 bits per heavy atom. The van der Waals surface area contributed by atoms with Gasteiger partial charge in [0.1, 0.15) is 17.6 Å². The molecule has 1 saturated heterocycles. The number of aromatic nitrogens is 2. The topological polar surface area (TPSA) is 58.6 Å². The molecule has 6 nitrogen and oxygen atoms in total. The summed E-state index contributed by atoms with van der Waals surface area (Å²) >= 11 is 0. The molecule has 1 aromatic heterocycles. The minimum atomic E-state index is -2.64. The number of halogens is 2. The molecule has 1 saturated carbocycles. The number of rotatable bonds is 4. The van der Waals surface area contributed by atoms with Gasteiger partial charge in [-0.1, -0.05) is 0 Å². The molecular weight excluding hydrogens is 294 g/mol. The average molecular weight is 312 g/mol. The molecule has 0 N–H and O–H groups in total. The van der Waals surface area contributed by atoms with E-state index in [2.05, 4.69) is 9.97 Å². The molecule has 0 unspecified atom stereocenters. The number of anilines is 1. The molecule has 2 aliphatic rings. The number of hydroxylamine groups is 1. The maximum atomic E-state index is 13.0. The van der Waals surface area contributed by atoms with Gasteiger partial charge >= 0.3 is 0 Å². The average Bonchev–Trinajstić information content (AvgIpc) is 3.33. The van der Waals surface area contributed by atoms with E-state index in [1.165, 1.54) is 11.1 Å². The molecule has 22 heavy (non-hydrogen) atoms. The highest BCUT2D eigenvalue weighted by Crippen LogP contribution is 2.39. The fourth-order valence-electron chi connectivity index (χ4n) is 2.44. The summed E-state index contributed by atoms with van der Waals surface area (Å²) in [4.78, 5) is 26.6. The van der Waals surface area contributed by atoms with Crippen molar-refractivity contribution >= 4 is 12.2 Å². The second-order valence-corrected chi connectivity index (χ2v) is 5.70. The monoisotopic (exact) mass is 312 g/mol. The van der Waals surface area contributed by atoms with Crippen LogP contribution in [-0.2, 0) is 9.63 Å². The molecule has 1 amide bonds. The van der Waals surface area contributed by atoms with Crippen LogP contribution < -0.4 is 5.06 Å². The van der Waals surface area contributed by atoms with Crippen molar-refractivity contribution in [3.8, 4) is 0 Å². The van der Waals surface area contributed by atoms with Gasteiger partial charge in [-0.05, 0) is 19.8 Å². The lowest BCUT2D eigenvalue weighted by atomic mass is 10.3. The van der Waals surface area contributed by atoms with Crippen LogP contribution in [0.2, 0.25) is 0 Å². The van der Waals surface area contributed by atoms with Crippen molar-refractivity contribution in [2.45, 2.75) is 38.2 Å². The smallest absolute Gasteiger partial charge is 0.280 e. The fraction of sp³-hybridized carbons (Fsp3) is 0.643. The van der Waals surface area contributed by atoms with E-state index in [-0.39, 0.29) is 17.7 Å². The molecule has 0 bridgehead atoms. The number of carbonyl (C=O) groups excluding carboxylic acids is 1. The Hall–Kier alpha value is -1.83. The summed E-state index contributed by atoms with van der Waals surface area (Å²) in [5.41, 5.74) is -0.278. The summed E-state index contributed by atoms with van der Waals surface area (Å²) in [7, 11) is 0. The Kier molecular flexibility index (Phi) is 4.19. The van der Waals surface area contributed by atoms with Crippen molar-refractivity contribution in [3.05, 3.63) is 17.6 Å². The van der Waals surface area contributed by atoms with Gasteiger partial charge in [0, 0.05) is 25.1 Å². The van der Waals surface area contributed by atoms with E-state index in [0.717, 1.165) is 19.3 Å². The Labute approximate surface area is 127 Å². The second-order valence-electron chi connectivity index (χ2n) is 5.70. The lowest BCUT2D eigenvalue weighted by Gasteiger charge is -2.23. The van der Waals surface area contributed by atoms with Crippen LogP contribution in [0.4, 0.5) is 14.6 Å². The molecule has 2 fully saturated rings. The standard InChI is InChI=1S/C14H18F2N4O2/c1-9-7-19(8-21)4-5-20(22-9)12-6-11(13(15)16)17-14(18-12)10-2-3-10/h6,8-10,13H,2-5,7H2,1H3/t9-/m0/s1. The second kappa shape index (κ2) is 6.12. The van der Waals surface area contributed by atoms with Gasteiger partial charge in [-0.15, -0.1) is 0 Å². The van der Waals surface area contributed by atoms with E-state index in [0.29, 0.717) is 31.3 Å². The van der Waals surface area contributed by atoms with E-state index in [1.807, 2.05) is 6.92 Å². The Morgan fingerprint density at radius 1 is 1.36 bits per heavy atom. The molecule has 8 heteroatoms. The Bertz CT molecular complexity index is 533. The molecule has 0 radical (unpaired) electrons. The van der Waals surface area contributed by atoms with Crippen molar-refractivity contribution in [3.63, 3.8) is 0 Å². The molecule has 1 aliphatic carbocycles. The number of alkyl halides is 2. The third kappa shape index (κ3) is 3.32. The highest BCUT2D eigenvalue weighted by atomic mass is 19.3. The van der Waals surface area contributed by atoms with Crippen molar-refractivity contribution in [2.75, 3.05) is 24.7 Å². The van der Waals surface area contributed by atoms with E-state index in [1.54, 1.807) is 4.90 Å². The normalized spacial score (nSPS) is 22.8. The van der Waals surface area contributed by atoms with E-state index < -0.39 is 6.43 Å². The van der Waals surface area contributed by atoms with Crippen LogP contribution in [0.15, 0.2) is 6.07 Å². The van der Waals surface area contributed by atoms with Crippen LogP contribution >= 0.6 is 0 Å². The van der Waals surface area contributed by atoms with E-state index in [9.17, 15) is 13.6 Å². The van der Waals surface area contributed by atoms with Crippen molar-refractivity contribution < 1.29 is 18.4 Å². The van der Waals surface area contributed by atoms with Gasteiger partial charge in [-0.2, -0.15) is 0 Å². The van der Waals surface area contributed by atoms with Gasteiger partial charge in [-0.3, -0.25) is 9.63 Å². The van der Waals surface area contributed by atoms with Gasteiger partial charge in [-0.25, -0.2) is 23.8 Å². The summed E-state index contributed by atoms with van der Waals surface area (Å²) in [6, 6.07) is 1.26. The van der Waals surface area contributed by atoms with Crippen molar-refractivity contribution in [1.82, 2.24) is 14.9 Å². The van der Waals surface area contributed by atoms with Gasteiger partial charge in [0.05, 0.1) is 6.54 Å². The maximum absolute atomic E-state index is 13.0. The quantitative estimate of drug-likeness (QED) is 0.795. The number of hydrogen-bond acceptors (Lipinski definition) is 5. The summed E-state index contributed by atoms with van der Waals surface area (Å²) in [5, 5.41) is 1.49. The number of hydrogen-bond donors (Lipinski definition) is 0. The lowest BCUT2D eigenvalue weighted by molar-refractivity contribution is -0.118. The zero-order chi connectivity index (χ0) is 15.7. The minimum absolute atomic E-state index is 0.174. The first-order valence-electron chi connectivity index (χ1n) is 7.37. The Morgan fingerprint density at radius 2 is 2.14 bits per heavy atom. The highest BCUT2D eigenvalue weighted by molar-refractivity contribution is 5.47. The molecule has 120 valence electrons. The van der Waals surface area contributed by atoms with Gasteiger partial charge in [0.25, 0.3) is 6.43 Å². The van der Waals surface area contributed by atoms with Crippen LogP contribution in [-0.4, -0.2) is 47.0 Å². The summed E-state index contributed by atoms with van der Waals surface area (Å²) in [6.45, 7) is 3.13. The zero-order valence-electron chi connectivity index (χ0n) is 12.3. The predicted octanol–water partition coefficient (Wildman–Crippen LogP) is 1.89. The largest absolute Gasteiger partial charge is 0.341 e. The fourth-order valence-corrected chi connectivity index (χ4v) is 2.44. The molecule has 2 heterocycles. The van der Waals surface area contributed by atoms with Gasteiger partial charge < -0.3 is 4.90 Å². The summed E-state index contributed by atoms with van der Waals surface area (Å²) in [6.07, 6.45) is -0.245. The van der Waals surface area contributed by atoms with E-state index >= 15 is 0 Å². The van der Waals surface area contributed by atoms with Gasteiger partial charge in [0.2, 0.25) is 6.41 Å². The minimum Gasteiger partial charge on any atom is -0.341 e. The molecule has 1 aromatic rings. The van der Waals surface area contributed by atoms with Crippen LogP contribution in [0.25, 0.3) is 0 Å². The SMILES string of the molecule is C[C@H]1CN(C=O)CCN(c2cc(C(F)F)nc(C3CC3)n2)O1. The highest BCUT2D eigenvalue weighted by Gasteiger charge is 2.30. The molecule has 0 spiro atoms. The third-order valence-corrected chi connectivity index (χ3v) is 3.71. The predicted molar refractivity (Wildman–Crippen MR) is 74.5 cm³/mol. The number of carbonyl (C=O) groups is 1. The van der Waals surface area contributed by atoms with Crippen molar-refractivity contribution in [2.24, 2.45) is 0 Å².